The predicted octanol–water partition coefficient (Wildman–Crippen LogP) is 3.72. The highest BCUT2D eigenvalue weighted by molar-refractivity contribution is 6.30. The fourth-order valence-electron chi connectivity index (χ4n) is 4.87. The number of halogens is 1. The van der Waals surface area contributed by atoms with Gasteiger partial charge in [0.25, 0.3) is 0 Å². The molecule has 2 aliphatic rings. The second-order valence-corrected chi connectivity index (χ2v) is 9.91. The Labute approximate surface area is 199 Å². The van der Waals surface area contributed by atoms with Gasteiger partial charge in [0.1, 0.15) is 11.9 Å². The first-order valence-electron chi connectivity index (χ1n) is 11.0. The van der Waals surface area contributed by atoms with Gasteiger partial charge in [0.05, 0.1) is 11.1 Å². The first kappa shape index (κ1) is 23.5. The van der Waals surface area contributed by atoms with Crippen molar-refractivity contribution in [2.75, 3.05) is 37.9 Å². The highest BCUT2D eigenvalue weighted by atomic mass is 35.5. The van der Waals surface area contributed by atoms with E-state index in [4.69, 9.17) is 16.3 Å². The molecule has 2 atom stereocenters. The number of ether oxygens (including phenoxy) is 1. The Morgan fingerprint density at radius 1 is 1.21 bits per heavy atom. The minimum Gasteiger partial charge on any atom is -0.380 e. The summed E-state index contributed by atoms with van der Waals surface area (Å²) in [6.45, 7) is 6.60. The van der Waals surface area contributed by atoms with E-state index in [1.54, 1.807) is 19.2 Å². The number of pyridine rings is 1. The lowest BCUT2D eigenvalue weighted by Gasteiger charge is -2.38. The number of carbonyl (C=O) groups is 2. The zero-order valence-corrected chi connectivity index (χ0v) is 20.1. The van der Waals surface area contributed by atoms with Crippen molar-refractivity contribution in [3.8, 4) is 0 Å². The molecule has 9 heteroatoms. The molecule has 2 aliphatic heterocycles. The first-order valence-corrected chi connectivity index (χ1v) is 11.4. The van der Waals surface area contributed by atoms with Crippen molar-refractivity contribution in [1.29, 1.82) is 0 Å². The molecular formula is C24H30ClN5O3. The average Bonchev–Trinajstić information content (AvgIpc) is 3.19. The van der Waals surface area contributed by atoms with Gasteiger partial charge in [-0.2, -0.15) is 0 Å². The zero-order chi connectivity index (χ0) is 23.8. The molecule has 0 spiro atoms. The van der Waals surface area contributed by atoms with E-state index in [-0.39, 0.29) is 17.4 Å². The summed E-state index contributed by atoms with van der Waals surface area (Å²) < 4.78 is 5.46. The molecule has 3 heterocycles. The summed E-state index contributed by atoms with van der Waals surface area (Å²) in [6.07, 6.45) is 1.66. The molecule has 1 fully saturated rings. The van der Waals surface area contributed by atoms with Gasteiger partial charge in [-0.05, 0) is 42.4 Å². The van der Waals surface area contributed by atoms with Crippen LogP contribution in [0.1, 0.15) is 31.4 Å². The third kappa shape index (κ3) is 5.13. The van der Waals surface area contributed by atoms with E-state index in [0.29, 0.717) is 23.8 Å². The molecule has 0 aliphatic carbocycles. The van der Waals surface area contributed by atoms with E-state index in [1.807, 2.05) is 12.1 Å². The lowest BCUT2D eigenvalue weighted by Crippen LogP contribution is -2.45. The van der Waals surface area contributed by atoms with Crippen LogP contribution in [0.4, 0.5) is 16.3 Å². The van der Waals surface area contributed by atoms with Crippen LogP contribution in [0, 0.1) is 0 Å². The Balaban J connectivity index is 1.49. The highest BCUT2D eigenvalue weighted by Gasteiger charge is 2.40. The fraction of sp³-hybridized carbons (Fsp3) is 0.458. The number of carbonyl (C=O) groups excluding carboxylic acids is 2. The lowest BCUT2D eigenvalue weighted by molar-refractivity contribution is -0.119. The maximum absolute atomic E-state index is 13.2. The second-order valence-electron chi connectivity index (χ2n) is 9.47. The predicted molar refractivity (Wildman–Crippen MR) is 129 cm³/mol. The summed E-state index contributed by atoms with van der Waals surface area (Å²) in [5, 5.41) is 6.22. The van der Waals surface area contributed by atoms with Crippen LogP contribution in [-0.2, 0) is 21.5 Å². The molecule has 4 rings (SSSR count). The third-order valence-corrected chi connectivity index (χ3v) is 6.55. The zero-order valence-electron chi connectivity index (χ0n) is 19.4. The summed E-state index contributed by atoms with van der Waals surface area (Å²) in [5.41, 5.74) is 3.28. The number of methoxy groups -OCH3 is 1. The van der Waals surface area contributed by atoms with Gasteiger partial charge in [-0.15, -0.1) is 0 Å². The molecule has 3 amide bonds. The van der Waals surface area contributed by atoms with Crippen LogP contribution >= 0.6 is 11.6 Å². The van der Waals surface area contributed by atoms with Crippen molar-refractivity contribution in [2.24, 2.45) is 0 Å². The van der Waals surface area contributed by atoms with E-state index < -0.39 is 12.1 Å². The van der Waals surface area contributed by atoms with Gasteiger partial charge in [-0.3, -0.25) is 10.1 Å². The average molecular weight is 472 g/mol. The van der Waals surface area contributed by atoms with Crippen LogP contribution in [0.5, 0.6) is 0 Å². The Bertz CT molecular complexity index is 1040. The minimum atomic E-state index is -0.655. The van der Waals surface area contributed by atoms with Crippen molar-refractivity contribution < 1.29 is 14.3 Å². The molecule has 2 N–H and O–H groups in total. The Morgan fingerprint density at radius 2 is 2.00 bits per heavy atom. The molecule has 1 saturated heterocycles. The maximum atomic E-state index is 13.2. The molecular weight excluding hydrogens is 442 g/mol. The normalized spacial score (nSPS) is 22.0. The van der Waals surface area contributed by atoms with Crippen LogP contribution in [0.15, 0.2) is 36.5 Å². The van der Waals surface area contributed by atoms with Crippen LogP contribution in [0.25, 0.3) is 0 Å². The molecule has 2 aromatic rings. The van der Waals surface area contributed by atoms with Gasteiger partial charge in [-0.1, -0.05) is 31.5 Å². The van der Waals surface area contributed by atoms with Gasteiger partial charge < -0.3 is 19.9 Å². The van der Waals surface area contributed by atoms with Gasteiger partial charge in [0.15, 0.2) is 0 Å². The number of urea groups is 1. The van der Waals surface area contributed by atoms with Gasteiger partial charge >= 0.3 is 6.03 Å². The number of anilines is 2. The number of benzene rings is 1. The molecule has 176 valence electrons. The number of hydrogen-bond donors (Lipinski definition) is 2. The largest absolute Gasteiger partial charge is 0.380 e. The van der Waals surface area contributed by atoms with Crippen LogP contribution in [0.3, 0.4) is 0 Å². The van der Waals surface area contributed by atoms with Gasteiger partial charge in [-0.25, -0.2) is 9.78 Å². The van der Waals surface area contributed by atoms with Crippen LogP contribution in [0.2, 0.25) is 5.02 Å². The number of likely N-dealkylation sites (tertiary alicyclic amines) is 1. The smallest absolute Gasteiger partial charge is 0.323 e. The van der Waals surface area contributed by atoms with E-state index in [2.05, 4.69) is 47.5 Å². The summed E-state index contributed by atoms with van der Waals surface area (Å²) in [6, 6.07) is 8.28. The van der Waals surface area contributed by atoms with Crippen LogP contribution in [-0.4, -0.2) is 66.1 Å². The van der Waals surface area contributed by atoms with E-state index in [0.717, 1.165) is 18.8 Å². The number of fused-ring (bicyclic) bond motifs is 1. The van der Waals surface area contributed by atoms with E-state index in [9.17, 15) is 9.59 Å². The first-order chi connectivity index (χ1) is 15.7. The van der Waals surface area contributed by atoms with Crippen molar-refractivity contribution >= 4 is 35.0 Å². The number of aromatic nitrogens is 1. The molecule has 0 radical (unpaired) electrons. The Morgan fingerprint density at radius 3 is 2.70 bits per heavy atom. The number of nitrogens with one attached hydrogen (secondary N) is 2. The molecule has 1 aromatic carbocycles. The number of rotatable bonds is 4. The monoisotopic (exact) mass is 471 g/mol. The standard InChI is InChI=1S/C24H30ClN5O3/c1-24(2)14-29(3)12-15-9-17(6-7-19(15)24)27-22(31)20-10-18(33-4)13-30(20)23(32)28-21-8-5-16(25)11-26-21/h5-9,11,18,20H,10,12-14H2,1-4H3,(H,27,31)(H,26,28,32). The SMILES string of the molecule is COC1CC(C(=O)Nc2ccc3c(c2)CN(C)CC3(C)C)N(C(=O)Nc2ccc(Cl)cn2)C1. The molecule has 33 heavy (non-hydrogen) atoms. The van der Waals surface area contributed by atoms with Crippen molar-refractivity contribution in [3.63, 3.8) is 0 Å². The Kier molecular flexibility index (Phi) is 6.61. The Hall–Kier alpha value is -2.68. The van der Waals surface area contributed by atoms with Crippen molar-refractivity contribution in [3.05, 3.63) is 52.7 Å². The van der Waals surface area contributed by atoms with Crippen molar-refractivity contribution in [2.45, 2.75) is 44.4 Å². The molecule has 2 unspecified atom stereocenters. The maximum Gasteiger partial charge on any atom is 0.323 e. The molecule has 8 nitrogen and oxygen atoms in total. The fourth-order valence-corrected chi connectivity index (χ4v) is 4.98. The summed E-state index contributed by atoms with van der Waals surface area (Å²) >= 11 is 5.87. The van der Waals surface area contributed by atoms with Gasteiger partial charge in [0.2, 0.25) is 5.91 Å². The summed E-state index contributed by atoms with van der Waals surface area (Å²) in [4.78, 5) is 34.0. The summed E-state index contributed by atoms with van der Waals surface area (Å²) in [5.74, 6) is 0.128. The molecule has 0 bridgehead atoms. The van der Waals surface area contributed by atoms with E-state index >= 15 is 0 Å². The number of hydrogen-bond acceptors (Lipinski definition) is 5. The minimum absolute atomic E-state index is 0.0482. The number of likely N-dealkylation sites (N-methyl/N-ethyl adjacent to an activating group) is 1. The van der Waals surface area contributed by atoms with Gasteiger partial charge in [0, 0.05) is 50.5 Å². The topological polar surface area (TPSA) is 86.8 Å². The summed E-state index contributed by atoms with van der Waals surface area (Å²) in [7, 11) is 3.69. The lowest BCUT2D eigenvalue weighted by atomic mass is 9.78. The van der Waals surface area contributed by atoms with Crippen LogP contribution < -0.4 is 10.6 Å². The molecule has 1 aromatic heterocycles. The van der Waals surface area contributed by atoms with Crippen molar-refractivity contribution in [1.82, 2.24) is 14.8 Å². The molecule has 0 saturated carbocycles. The number of nitrogens with zero attached hydrogens (tertiary/aromatic N) is 3. The number of amides is 3. The highest BCUT2D eigenvalue weighted by Crippen LogP contribution is 2.34. The van der Waals surface area contributed by atoms with E-state index in [1.165, 1.54) is 22.2 Å². The third-order valence-electron chi connectivity index (χ3n) is 6.33. The quantitative estimate of drug-likeness (QED) is 0.709. The second kappa shape index (κ2) is 9.29.